The molecule has 0 aromatic heterocycles. The van der Waals surface area contributed by atoms with E-state index in [-0.39, 0.29) is 5.92 Å². The highest BCUT2D eigenvalue weighted by molar-refractivity contribution is 5.60. The van der Waals surface area contributed by atoms with E-state index in [9.17, 15) is 8.78 Å². The summed E-state index contributed by atoms with van der Waals surface area (Å²) in [7, 11) is 0. The number of rotatable bonds is 3. The van der Waals surface area contributed by atoms with E-state index in [0.717, 1.165) is 12.3 Å². The van der Waals surface area contributed by atoms with Crippen LogP contribution in [0.4, 0.5) is 8.78 Å². The summed E-state index contributed by atoms with van der Waals surface area (Å²) >= 11 is 0. The fraction of sp³-hybridized carbons (Fsp3) is 0.444. The maximum atomic E-state index is 12.5. The highest BCUT2D eigenvalue weighted by Crippen LogP contribution is 2.04. The summed E-state index contributed by atoms with van der Waals surface area (Å²) in [5.74, 6) is -0.972. The number of halogens is 2. The second-order valence-corrected chi connectivity index (χ2v) is 2.79. The Bertz CT molecular complexity index is 211. The van der Waals surface area contributed by atoms with Crippen LogP contribution in [0.5, 0.6) is 0 Å². The Morgan fingerprint density at radius 1 is 1.33 bits per heavy atom. The molecule has 0 aliphatic rings. The Hall–Kier alpha value is -0.990. The lowest BCUT2D eigenvalue weighted by molar-refractivity contribution is 0.613. The summed E-state index contributed by atoms with van der Waals surface area (Å²) in [6, 6.07) is 0. The molecule has 12 heavy (non-hydrogen) atoms. The highest BCUT2D eigenvalue weighted by atomic mass is 19.1. The summed E-state index contributed by atoms with van der Waals surface area (Å²) in [5.41, 5.74) is 0. The molecule has 0 saturated heterocycles. The van der Waals surface area contributed by atoms with Gasteiger partial charge in [-0.15, -0.1) is 0 Å². The summed E-state index contributed by atoms with van der Waals surface area (Å²) in [4.78, 5) is 3.65. The van der Waals surface area contributed by atoms with Gasteiger partial charge in [-0.1, -0.05) is 13.8 Å². The normalized spacial score (nSPS) is 14.8. The highest BCUT2D eigenvalue weighted by Gasteiger charge is 1.89. The van der Waals surface area contributed by atoms with Crippen molar-refractivity contribution in [2.24, 2.45) is 10.9 Å². The van der Waals surface area contributed by atoms with Crippen molar-refractivity contribution in [2.45, 2.75) is 20.8 Å². The number of aliphatic imine (C=N–C) groups is 1. The number of nitrogens with zero attached hydrogens (tertiary/aromatic N) is 1. The van der Waals surface area contributed by atoms with E-state index in [1.165, 1.54) is 6.92 Å². The van der Waals surface area contributed by atoms with Crippen molar-refractivity contribution in [3.8, 4) is 0 Å². The van der Waals surface area contributed by atoms with Crippen molar-refractivity contribution in [3.05, 3.63) is 23.9 Å². The fourth-order valence-corrected chi connectivity index (χ4v) is 0.514. The SMILES string of the molecule is C\C(F)=C/C(F)=C\N=C\C(C)C. The molecule has 0 fully saturated rings. The van der Waals surface area contributed by atoms with E-state index in [1.54, 1.807) is 6.21 Å². The number of allylic oxidation sites excluding steroid dienone is 3. The first-order valence-electron chi connectivity index (χ1n) is 3.75. The fourth-order valence-electron chi connectivity index (χ4n) is 0.514. The minimum atomic E-state index is -0.674. The van der Waals surface area contributed by atoms with E-state index in [4.69, 9.17) is 0 Å². The molecule has 0 radical (unpaired) electrons. The zero-order valence-electron chi connectivity index (χ0n) is 7.51. The smallest absolute Gasteiger partial charge is 0.143 e. The van der Waals surface area contributed by atoms with Gasteiger partial charge in [-0.05, 0) is 12.8 Å². The first-order valence-corrected chi connectivity index (χ1v) is 3.75. The van der Waals surface area contributed by atoms with Crippen LogP contribution in [-0.2, 0) is 0 Å². The molecule has 0 amide bonds. The third-order valence-corrected chi connectivity index (χ3v) is 0.919. The molecule has 0 aromatic rings. The number of hydrogen-bond acceptors (Lipinski definition) is 1. The van der Waals surface area contributed by atoms with Crippen molar-refractivity contribution >= 4 is 6.21 Å². The van der Waals surface area contributed by atoms with Crippen LogP contribution >= 0.6 is 0 Å². The molecule has 0 heterocycles. The quantitative estimate of drug-likeness (QED) is 0.458. The van der Waals surface area contributed by atoms with Gasteiger partial charge in [0.25, 0.3) is 0 Å². The molecule has 0 unspecified atom stereocenters. The molecule has 0 aliphatic heterocycles. The summed E-state index contributed by atoms with van der Waals surface area (Å²) in [5, 5.41) is 0. The molecule has 0 bridgehead atoms. The minimum Gasteiger partial charge on any atom is -0.266 e. The predicted octanol–water partition coefficient (Wildman–Crippen LogP) is 3.40. The molecular formula is C9H13F2N. The molecule has 3 heteroatoms. The molecule has 0 atom stereocenters. The van der Waals surface area contributed by atoms with Crippen molar-refractivity contribution < 1.29 is 8.78 Å². The Kier molecular flexibility index (Phi) is 5.17. The van der Waals surface area contributed by atoms with Gasteiger partial charge in [0, 0.05) is 12.3 Å². The molecule has 0 aromatic carbocycles. The van der Waals surface area contributed by atoms with Gasteiger partial charge in [0.1, 0.15) is 5.83 Å². The van der Waals surface area contributed by atoms with Gasteiger partial charge in [-0.2, -0.15) is 0 Å². The van der Waals surface area contributed by atoms with Crippen molar-refractivity contribution in [1.29, 1.82) is 0 Å². The minimum absolute atomic E-state index is 0.268. The topological polar surface area (TPSA) is 12.4 Å². The zero-order chi connectivity index (χ0) is 9.56. The third-order valence-electron chi connectivity index (χ3n) is 0.919. The average Bonchev–Trinajstić information content (AvgIpc) is 1.84. The van der Waals surface area contributed by atoms with Crippen molar-refractivity contribution in [2.75, 3.05) is 0 Å². The van der Waals surface area contributed by atoms with Crippen LogP contribution in [0.2, 0.25) is 0 Å². The molecular weight excluding hydrogens is 160 g/mol. The lowest BCUT2D eigenvalue weighted by Crippen LogP contribution is -1.84. The summed E-state index contributed by atoms with van der Waals surface area (Å²) < 4.78 is 24.6. The first kappa shape index (κ1) is 11.0. The van der Waals surface area contributed by atoms with Crippen LogP contribution in [-0.4, -0.2) is 6.21 Å². The van der Waals surface area contributed by atoms with Crippen LogP contribution in [0, 0.1) is 5.92 Å². The molecule has 1 nitrogen and oxygen atoms in total. The van der Waals surface area contributed by atoms with Crippen LogP contribution in [0.15, 0.2) is 28.9 Å². The van der Waals surface area contributed by atoms with Crippen LogP contribution in [0.3, 0.4) is 0 Å². The first-order chi connectivity index (χ1) is 5.52. The Morgan fingerprint density at radius 3 is 2.33 bits per heavy atom. The maximum Gasteiger partial charge on any atom is 0.143 e. The van der Waals surface area contributed by atoms with Gasteiger partial charge in [0.15, 0.2) is 0 Å². The van der Waals surface area contributed by atoms with Crippen molar-refractivity contribution in [3.63, 3.8) is 0 Å². The molecule has 0 aliphatic carbocycles. The lowest BCUT2D eigenvalue weighted by atomic mass is 10.2. The summed E-state index contributed by atoms with van der Waals surface area (Å²) in [6.45, 7) is 5.02. The van der Waals surface area contributed by atoms with E-state index in [2.05, 4.69) is 4.99 Å². The van der Waals surface area contributed by atoms with E-state index >= 15 is 0 Å². The Labute approximate surface area is 71.5 Å². The van der Waals surface area contributed by atoms with E-state index in [0.29, 0.717) is 0 Å². The van der Waals surface area contributed by atoms with E-state index in [1.807, 2.05) is 13.8 Å². The van der Waals surface area contributed by atoms with Gasteiger partial charge >= 0.3 is 0 Å². The van der Waals surface area contributed by atoms with Gasteiger partial charge in [0.05, 0.1) is 12.0 Å². The Balaban J connectivity index is 4.10. The van der Waals surface area contributed by atoms with E-state index < -0.39 is 11.7 Å². The predicted molar refractivity (Wildman–Crippen MR) is 47.4 cm³/mol. The molecule has 0 N–H and O–H groups in total. The van der Waals surface area contributed by atoms with Gasteiger partial charge in [-0.3, -0.25) is 4.99 Å². The lowest BCUT2D eigenvalue weighted by Gasteiger charge is -1.89. The monoisotopic (exact) mass is 173 g/mol. The molecule has 0 saturated carbocycles. The molecule has 0 spiro atoms. The largest absolute Gasteiger partial charge is 0.266 e. The molecule has 68 valence electrons. The molecule has 0 rings (SSSR count). The van der Waals surface area contributed by atoms with Crippen LogP contribution in [0.25, 0.3) is 0 Å². The average molecular weight is 173 g/mol. The maximum absolute atomic E-state index is 12.5. The van der Waals surface area contributed by atoms with Gasteiger partial charge in [-0.25, -0.2) is 8.78 Å². The standard InChI is InChI=1S/C9H13F2N/c1-7(2)5-12-6-9(11)4-8(3)10/h4-7H,1-3H3/b8-4+,9-6+,12-5+. The van der Waals surface area contributed by atoms with Gasteiger partial charge in [0.2, 0.25) is 0 Å². The Morgan fingerprint density at radius 2 is 1.92 bits per heavy atom. The van der Waals surface area contributed by atoms with Crippen LogP contribution < -0.4 is 0 Å². The second-order valence-electron chi connectivity index (χ2n) is 2.79. The zero-order valence-corrected chi connectivity index (χ0v) is 7.51. The third kappa shape index (κ3) is 7.12. The van der Waals surface area contributed by atoms with Crippen molar-refractivity contribution in [1.82, 2.24) is 0 Å². The summed E-state index contributed by atoms with van der Waals surface area (Å²) in [6.07, 6.45) is 3.36. The van der Waals surface area contributed by atoms with Crippen LogP contribution in [0.1, 0.15) is 20.8 Å². The number of hydrogen-bond donors (Lipinski definition) is 0. The second kappa shape index (κ2) is 5.63. The van der Waals surface area contributed by atoms with Gasteiger partial charge < -0.3 is 0 Å².